The van der Waals surface area contributed by atoms with E-state index in [-0.39, 0.29) is 0 Å². The first-order valence-electron chi connectivity index (χ1n) is 7.94. The molecule has 7 nitrogen and oxygen atoms in total. The average Bonchev–Trinajstić information content (AvgIpc) is 3.26. The summed E-state index contributed by atoms with van der Waals surface area (Å²) in [6.07, 6.45) is 5.47. The molecule has 0 aliphatic rings. The van der Waals surface area contributed by atoms with Crippen LogP contribution in [0.2, 0.25) is 0 Å². The quantitative estimate of drug-likeness (QED) is 0.585. The second kappa shape index (κ2) is 6.27. The molecule has 0 amide bonds. The number of aromatic amines is 1. The Labute approximate surface area is 144 Å². The van der Waals surface area contributed by atoms with Crippen molar-refractivity contribution in [2.75, 3.05) is 12.4 Å². The van der Waals surface area contributed by atoms with Gasteiger partial charge in [0.25, 0.3) is 0 Å². The van der Waals surface area contributed by atoms with Gasteiger partial charge in [0.1, 0.15) is 11.6 Å². The number of hydrogen-bond donors (Lipinski definition) is 2. The first-order chi connectivity index (χ1) is 12.2. The van der Waals surface area contributed by atoms with Crippen LogP contribution in [0.5, 0.6) is 5.75 Å². The van der Waals surface area contributed by atoms with Gasteiger partial charge in [0, 0.05) is 29.5 Å². The molecular formula is C18H18N6O. The summed E-state index contributed by atoms with van der Waals surface area (Å²) < 4.78 is 7.35. The van der Waals surface area contributed by atoms with Crippen LogP contribution in [-0.4, -0.2) is 31.8 Å². The molecule has 0 unspecified atom stereocenters. The number of aromatic nitrogens is 5. The minimum Gasteiger partial charge on any atom is -0.497 e. The van der Waals surface area contributed by atoms with Gasteiger partial charge in [0.15, 0.2) is 5.82 Å². The highest BCUT2D eigenvalue weighted by Gasteiger charge is 2.09. The van der Waals surface area contributed by atoms with Gasteiger partial charge in [0.2, 0.25) is 0 Å². The van der Waals surface area contributed by atoms with Gasteiger partial charge in [0.05, 0.1) is 25.7 Å². The van der Waals surface area contributed by atoms with Crippen molar-refractivity contribution in [3.63, 3.8) is 0 Å². The highest BCUT2D eigenvalue weighted by Crippen LogP contribution is 2.27. The van der Waals surface area contributed by atoms with Crippen molar-refractivity contribution in [1.82, 2.24) is 24.7 Å². The first kappa shape index (κ1) is 15.2. The monoisotopic (exact) mass is 334 g/mol. The second-order valence-corrected chi connectivity index (χ2v) is 5.84. The summed E-state index contributed by atoms with van der Waals surface area (Å²) in [5.41, 5.74) is 1.94. The second-order valence-electron chi connectivity index (χ2n) is 5.84. The molecule has 4 rings (SSSR count). The molecule has 0 radical (unpaired) electrons. The summed E-state index contributed by atoms with van der Waals surface area (Å²) >= 11 is 0. The summed E-state index contributed by atoms with van der Waals surface area (Å²) in [5, 5.41) is 12.5. The fourth-order valence-electron chi connectivity index (χ4n) is 2.79. The summed E-state index contributed by atoms with van der Waals surface area (Å²) in [6.45, 7) is 2.60. The van der Waals surface area contributed by atoms with Crippen LogP contribution >= 0.6 is 0 Å². The van der Waals surface area contributed by atoms with Gasteiger partial charge >= 0.3 is 0 Å². The number of methoxy groups -OCH3 is 1. The molecule has 0 aliphatic heterocycles. The van der Waals surface area contributed by atoms with E-state index in [1.54, 1.807) is 19.6 Å². The molecule has 0 saturated heterocycles. The van der Waals surface area contributed by atoms with Gasteiger partial charge in [-0.05, 0) is 36.6 Å². The minimum absolute atomic E-state index is 0.637. The van der Waals surface area contributed by atoms with Crippen LogP contribution in [0.1, 0.15) is 11.4 Å². The third-order valence-electron chi connectivity index (χ3n) is 3.97. The van der Waals surface area contributed by atoms with Crippen molar-refractivity contribution in [2.45, 2.75) is 13.5 Å². The molecule has 2 N–H and O–H groups in total. The molecular weight excluding hydrogens is 316 g/mol. The van der Waals surface area contributed by atoms with E-state index in [0.29, 0.717) is 6.54 Å². The number of aryl methyl sites for hydroxylation is 1. The number of hydrogen-bond acceptors (Lipinski definition) is 5. The maximum absolute atomic E-state index is 5.36. The Morgan fingerprint density at radius 2 is 2.12 bits per heavy atom. The SMILES string of the molecule is COc1ccc2c(Cn3ccnc3)nc(Nc3cc(C)[nH]n3)cc2c1. The van der Waals surface area contributed by atoms with Gasteiger partial charge < -0.3 is 14.6 Å². The molecule has 0 spiro atoms. The largest absolute Gasteiger partial charge is 0.497 e. The third-order valence-corrected chi connectivity index (χ3v) is 3.97. The fraction of sp³-hybridized carbons (Fsp3) is 0.167. The van der Waals surface area contributed by atoms with Crippen LogP contribution in [0.3, 0.4) is 0 Å². The van der Waals surface area contributed by atoms with E-state index in [1.165, 1.54) is 0 Å². The Morgan fingerprint density at radius 3 is 2.84 bits per heavy atom. The van der Waals surface area contributed by atoms with Crippen LogP contribution in [0.15, 0.2) is 49.1 Å². The number of H-pyrrole nitrogens is 1. The van der Waals surface area contributed by atoms with Crippen LogP contribution in [0.25, 0.3) is 10.8 Å². The Balaban J connectivity index is 1.79. The van der Waals surface area contributed by atoms with Crippen molar-refractivity contribution in [3.05, 3.63) is 60.4 Å². The maximum Gasteiger partial charge on any atom is 0.153 e. The number of ether oxygens (including phenoxy) is 1. The highest BCUT2D eigenvalue weighted by atomic mass is 16.5. The summed E-state index contributed by atoms with van der Waals surface area (Å²) in [6, 6.07) is 9.93. The van der Waals surface area contributed by atoms with E-state index in [4.69, 9.17) is 9.72 Å². The van der Waals surface area contributed by atoms with Crippen molar-refractivity contribution < 1.29 is 4.74 Å². The smallest absolute Gasteiger partial charge is 0.153 e. The molecule has 126 valence electrons. The topological polar surface area (TPSA) is 80.6 Å². The molecule has 7 heteroatoms. The first-order valence-corrected chi connectivity index (χ1v) is 7.94. The summed E-state index contributed by atoms with van der Waals surface area (Å²) in [4.78, 5) is 8.89. The molecule has 25 heavy (non-hydrogen) atoms. The molecule has 3 aromatic heterocycles. The number of pyridine rings is 1. The Kier molecular flexibility index (Phi) is 3.81. The van der Waals surface area contributed by atoms with Gasteiger partial charge in [-0.15, -0.1) is 0 Å². The van der Waals surface area contributed by atoms with Crippen molar-refractivity contribution in [3.8, 4) is 5.75 Å². The van der Waals surface area contributed by atoms with E-state index in [1.807, 2.05) is 48.0 Å². The minimum atomic E-state index is 0.637. The zero-order valence-corrected chi connectivity index (χ0v) is 14.0. The number of rotatable bonds is 5. The van der Waals surface area contributed by atoms with Crippen LogP contribution in [0.4, 0.5) is 11.6 Å². The summed E-state index contributed by atoms with van der Waals surface area (Å²) in [7, 11) is 1.67. The van der Waals surface area contributed by atoms with Gasteiger partial charge in [-0.3, -0.25) is 5.10 Å². The number of fused-ring (bicyclic) bond motifs is 1. The van der Waals surface area contributed by atoms with E-state index in [9.17, 15) is 0 Å². The number of nitrogens with zero attached hydrogens (tertiary/aromatic N) is 4. The zero-order chi connectivity index (χ0) is 17.2. The highest BCUT2D eigenvalue weighted by molar-refractivity contribution is 5.88. The predicted octanol–water partition coefficient (Wildman–Crippen LogP) is 3.26. The lowest BCUT2D eigenvalue weighted by Crippen LogP contribution is -2.03. The number of benzene rings is 1. The zero-order valence-electron chi connectivity index (χ0n) is 14.0. The number of nitrogens with one attached hydrogen (secondary N) is 2. The van der Waals surface area contributed by atoms with E-state index in [0.717, 1.165) is 39.5 Å². The van der Waals surface area contributed by atoms with E-state index in [2.05, 4.69) is 20.5 Å². The van der Waals surface area contributed by atoms with E-state index >= 15 is 0 Å². The molecule has 0 fully saturated rings. The molecule has 0 atom stereocenters. The van der Waals surface area contributed by atoms with Gasteiger partial charge in [-0.1, -0.05) is 0 Å². The molecule has 3 heterocycles. The Morgan fingerprint density at radius 1 is 1.20 bits per heavy atom. The van der Waals surface area contributed by atoms with Crippen molar-refractivity contribution in [2.24, 2.45) is 0 Å². The standard InChI is InChI=1S/C18H18N6O/c1-12-7-18(23-22-12)21-17-9-13-8-14(25-2)3-4-15(13)16(20-17)10-24-6-5-19-11-24/h3-9,11H,10H2,1-2H3,(H2,20,21,22,23). The molecule has 0 saturated carbocycles. The third kappa shape index (κ3) is 3.16. The number of anilines is 2. The fourth-order valence-corrected chi connectivity index (χ4v) is 2.79. The Hall–Kier alpha value is -3.35. The average molecular weight is 334 g/mol. The molecule has 0 bridgehead atoms. The molecule has 0 aliphatic carbocycles. The lowest BCUT2D eigenvalue weighted by Gasteiger charge is -2.11. The van der Waals surface area contributed by atoms with Crippen LogP contribution < -0.4 is 10.1 Å². The molecule has 4 aromatic rings. The predicted molar refractivity (Wildman–Crippen MR) is 96.2 cm³/mol. The lowest BCUT2D eigenvalue weighted by molar-refractivity contribution is 0.415. The lowest BCUT2D eigenvalue weighted by atomic mass is 10.1. The van der Waals surface area contributed by atoms with Crippen molar-refractivity contribution >= 4 is 22.4 Å². The summed E-state index contributed by atoms with van der Waals surface area (Å²) in [5.74, 6) is 2.29. The van der Waals surface area contributed by atoms with E-state index < -0.39 is 0 Å². The van der Waals surface area contributed by atoms with Gasteiger partial charge in [-0.25, -0.2) is 9.97 Å². The molecule has 1 aromatic carbocycles. The van der Waals surface area contributed by atoms with Crippen LogP contribution in [0, 0.1) is 6.92 Å². The Bertz CT molecular complexity index is 1010. The van der Waals surface area contributed by atoms with Crippen molar-refractivity contribution in [1.29, 1.82) is 0 Å². The van der Waals surface area contributed by atoms with Crippen LogP contribution in [-0.2, 0) is 6.54 Å². The maximum atomic E-state index is 5.36. The number of imidazole rings is 1. The van der Waals surface area contributed by atoms with Gasteiger partial charge in [-0.2, -0.15) is 5.10 Å². The normalized spacial score (nSPS) is 11.0.